The summed E-state index contributed by atoms with van der Waals surface area (Å²) in [5.41, 5.74) is 1.35. The van der Waals surface area contributed by atoms with Gasteiger partial charge in [-0.05, 0) is 25.1 Å². The van der Waals surface area contributed by atoms with E-state index in [0.717, 1.165) is 17.8 Å². The second-order valence-corrected chi connectivity index (χ2v) is 5.79. The summed E-state index contributed by atoms with van der Waals surface area (Å²) in [6.07, 6.45) is -0.0831. The lowest BCUT2D eigenvalue weighted by Crippen LogP contribution is -2.33. The molecule has 0 aliphatic carbocycles. The average Bonchev–Trinajstić information content (AvgIpc) is 2.65. The van der Waals surface area contributed by atoms with Gasteiger partial charge in [0.1, 0.15) is 24.2 Å². The van der Waals surface area contributed by atoms with E-state index in [4.69, 9.17) is 9.47 Å². The number of nitrogens with zero attached hydrogens (tertiary/aromatic N) is 1. The number of hydrogen-bond donors (Lipinski definition) is 4. The fourth-order valence-corrected chi connectivity index (χ4v) is 2.61. The zero-order valence-electron chi connectivity index (χ0n) is 14.0. The van der Waals surface area contributed by atoms with Crippen LogP contribution in [0.15, 0.2) is 29.1 Å². The molecule has 0 saturated carbocycles. The molecule has 0 saturated heterocycles. The predicted molar refractivity (Wildman–Crippen MR) is 93.3 cm³/mol. The van der Waals surface area contributed by atoms with Gasteiger partial charge in [0.2, 0.25) is 5.95 Å². The van der Waals surface area contributed by atoms with Crippen molar-refractivity contribution in [2.75, 3.05) is 32.1 Å². The lowest BCUT2D eigenvalue weighted by atomic mass is 10.1. The molecule has 1 aromatic heterocycles. The van der Waals surface area contributed by atoms with Gasteiger partial charge in [-0.3, -0.25) is 9.78 Å². The molecule has 1 unspecified atom stereocenters. The lowest BCUT2D eigenvalue weighted by molar-refractivity contribution is 0.117. The standard InChI is InChI=1S/C17H22N4O4/c1-24-12-3-2-4-13(7-12)25-10-11(22)8-19-17-20-15-9-18-6-5-14(15)16(23)21-17/h2-4,7,11,18,22H,5-6,8-10H2,1H3,(H2,19,20,21,23). The van der Waals surface area contributed by atoms with Gasteiger partial charge in [-0.1, -0.05) is 6.07 Å². The van der Waals surface area contributed by atoms with Crippen molar-refractivity contribution >= 4 is 5.95 Å². The molecule has 8 heteroatoms. The van der Waals surface area contributed by atoms with Crippen LogP contribution in [0.5, 0.6) is 11.5 Å². The van der Waals surface area contributed by atoms with Gasteiger partial charge in [-0.25, -0.2) is 4.98 Å². The SMILES string of the molecule is COc1cccc(OCC(O)CNc2nc3c(c(=O)[nH]2)CCNC3)c1. The first-order valence-corrected chi connectivity index (χ1v) is 8.17. The van der Waals surface area contributed by atoms with Crippen LogP contribution in [0.4, 0.5) is 5.95 Å². The molecule has 134 valence electrons. The van der Waals surface area contributed by atoms with Crippen LogP contribution in [0, 0.1) is 0 Å². The third kappa shape index (κ3) is 4.49. The van der Waals surface area contributed by atoms with Crippen LogP contribution < -0.4 is 25.7 Å². The Kier molecular flexibility index (Phi) is 5.52. The van der Waals surface area contributed by atoms with Crippen molar-refractivity contribution in [3.8, 4) is 11.5 Å². The molecule has 0 bridgehead atoms. The molecule has 2 aromatic rings. The molecule has 3 rings (SSSR count). The van der Waals surface area contributed by atoms with E-state index in [1.54, 1.807) is 19.2 Å². The third-order valence-corrected chi connectivity index (χ3v) is 3.93. The molecule has 25 heavy (non-hydrogen) atoms. The highest BCUT2D eigenvalue weighted by Gasteiger charge is 2.15. The Balaban J connectivity index is 1.53. The minimum Gasteiger partial charge on any atom is -0.497 e. The molecular weight excluding hydrogens is 324 g/mol. The number of hydrogen-bond acceptors (Lipinski definition) is 7. The molecule has 4 N–H and O–H groups in total. The number of fused-ring (bicyclic) bond motifs is 1. The van der Waals surface area contributed by atoms with Gasteiger partial charge in [-0.15, -0.1) is 0 Å². The zero-order chi connectivity index (χ0) is 17.6. The van der Waals surface area contributed by atoms with Crippen molar-refractivity contribution in [2.24, 2.45) is 0 Å². The average molecular weight is 346 g/mol. The maximum atomic E-state index is 12.0. The first kappa shape index (κ1) is 17.2. The number of methoxy groups -OCH3 is 1. The van der Waals surface area contributed by atoms with Crippen molar-refractivity contribution in [3.05, 3.63) is 45.9 Å². The monoisotopic (exact) mass is 346 g/mol. The summed E-state index contributed by atoms with van der Waals surface area (Å²) in [5.74, 6) is 1.66. The first-order chi connectivity index (χ1) is 12.2. The maximum Gasteiger partial charge on any atom is 0.255 e. The normalized spacial score (nSPS) is 14.5. The summed E-state index contributed by atoms with van der Waals surface area (Å²) in [6.45, 7) is 1.68. The van der Waals surface area contributed by atoms with E-state index in [0.29, 0.717) is 30.4 Å². The topological polar surface area (TPSA) is 108 Å². The van der Waals surface area contributed by atoms with Gasteiger partial charge >= 0.3 is 0 Å². The lowest BCUT2D eigenvalue weighted by Gasteiger charge is -2.17. The van der Waals surface area contributed by atoms with Gasteiger partial charge < -0.3 is 25.2 Å². The number of aromatic amines is 1. The first-order valence-electron chi connectivity index (χ1n) is 8.17. The molecule has 1 aliphatic heterocycles. The van der Waals surface area contributed by atoms with Gasteiger partial charge in [-0.2, -0.15) is 0 Å². The van der Waals surface area contributed by atoms with Crippen molar-refractivity contribution < 1.29 is 14.6 Å². The van der Waals surface area contributed by atoms with Gasteiger partial charge in [0.15, 0.2) is 0 Å². The van der Waals surface area contributed by atoms with Crippen molar-refractivity contribution in [1.29, 1.82) is 0 Å². The van der Waals surface area contributed by atoms with E-state index < -0.39 is 6.10 Å². The second-order valence-electron chi connectivity index (χ2n) is 5.79. The van der Waals surface area contributed by atoms with Crippen LogP contribution >= 0.6 is 0 Å². The Morgan fingerprint density at radius 1 is 1.40 bits per heavy atom. The van der Waals surface area contributed by atoms with Crippen molar-refractivity contribution in [1.82, 2.24) is 15.3 Å². The summed E-state index contributed by atoms with van der Waals surface area (Å²) < 4.78 is 10.7. The highest BCUT2D eigenvalue weighted by atomic mass is 16.5. The van der Waals surface area contributed by atoms with Crippen LogP contribution in [-0.2, 0) is 13.0 Å². The number of aromatic nitrogens is 2. The number of H-pyrrole nitrogens is 1. The van der Waals surface area contributed by atoms with E-state index in [9.17, 15) is 9.90 Å². The largest absolute Gasteiger partial charge is 0.497 e. The summed E-state index contributed by atoms with van der Waals surface area (Å²) in [6, 6.07) is 7.17. The summed E-state index contributed by atoms with van der Waals surface area (Å²) in [4.78, 5) is 19.1. The van der Waals surface area contributed by atoms with Crippen LogP contribution in [0.2, 0.25) is 0 Å². The molecule has 2 heterocycles. The number of rotatable bonds is 7. The van der Waals surface area contributed by atoms with Crippen LogP contribution in [-0.4, -0.2) is 48.0 Å². The Hall–Kier alpha value is -2.58. The highest BCUT2D eigenvalue weighted by Crippen LogP contribution is 2.18. The summed E-state index contributed by atoms with van der Waals surface area (Å²) >= 11 is 0. The van der Waals surface area contributed by atoms with E-state index >= 15 is 0 Å². The third-order valence-electron chi connectivity index (χ3n) is 3.93. The van der Waals surface area contributed by atoms with Gasteiger partial charge in [0.25, 0.3) is 5.56 Å². The predicted octanol–water partition coefficient (Wildman–Crippen LogP) is 0.276. The molecule has 0 radical (unpaired) electrons. The quantitative estimate of drug-likeness (QED) is 0.570. The Morgan fingerprint density at radius 2 is 2.24 bits per heavy atom. The minimum absolute atomic E-state index is 0.108. The number of anilines is 1. The molecule has 8 nitrogen and oxygen atoms in total. The fourth-order valence-electron chi connectivity index (χ4n) is 2.61. The van der Waals surface area contributed by atoms with E-state index in [1.165, 1.54) is 0 Å². The summed E-state index contributed by atoms with van der Waals surface area (Å²) in [5, 5.41) is 16.2. The van der Waals surface area contributed by atoms with Gasteiger partial charge in [0.05, 0.1) is 12.8 Å². The second kappa shape index (κ2) is 8.00. The Bertz CT molecular complexity index is 777. The van der Waals surface area contributed by atoms with E-state index in [1.807, 2.05) is 12.1 Å². The van der Waals surface area contributed by atoms with Gasteiger partial charge in [0, 0.05) is 24.7 Å². The molecule has 1 atom stereocenters. The van der Waals surface area contributed by atoms with Crippen molar-refractivity contribution in [3.63, 3.8) is 0 Å². The van der Waals surface area contributed by atoms with E-state index in [-0.39, 0.29) is 18.7 Å². The minimum atomic E-state index is -0.759. The Labute approximate surface area is 145 Å². The smallest absolute Gasteiger partial charge is 0.255 e. The molecular formula is C17H22N4O4. The zero-order valence-corrected chi connectivity index (χ0v) is 14.0. The number of aliphatic hydroxyl groups excluding tert-OH is 1. The number of aliphatic hydroxyl groups is 1. The van der Waals surface area contributed by atoms with Crippen LogP contribution in [0.25, 0.3) is 0 Å². The summed E-state index contributed by atoms with van der Waals surface area (Å²) in [7, 11) is 1.58. The van der Waals surface area contributed by atoms with Crippen LogP contribution in [0.3, 0.4) is 0 Å². The fraction of sp³-hybridized carbons (Fsp3) is 0.412. The number of ether oxygens (including phenoxy) is 2. The molecule has 0 fully saturated rings. The molecule has 0 spiro atoms. The number of benzene rings is 1. The maximum absolute atomic E-state index is 12.0. The van der Waals surface area contributed by atoms with Crippen molar-refractivity contribution in [2.45, 2.75) is 19.1 Å². The van der Waals surface area contributed by atoms with Crippen LogP contribution in [0.1, 0.15) is 11.3 Å². The molecule has 1 aliphatic rings. The molecule has 0 amide bonds. The number of nitrogens with one attached hydrogen (secondary N) is 3. The molecule has 1 aromatic carbocycles. The highest BCUT2D eigenvalue weighted by molar-refractivity contribution is 5.33. The Morgan fingerprint density at radius 3 is 3.08 bits per heavy atom. The van der Waals surface area contributed by atoms with E-state index in [2.05, 4.69) is 20.6 Å².